The Kier molecular flexibility index (Phi) is 4.64. The molecule has 1 fully saturated rings. The second kappa shape index (κ2) is 7.24. The number of non-ortho nitro benzene ring substituents is 1. The fourth-order valence-electron chi connectivity index (χ4n) is 3.42. The molecule has 2 aliphatic heterocycles. The van der Waals surface area contributed by atoms with E-state index in [1.54, 1.807) is 6.07 Å². The summed E-state index contributed by atoms with van der Waals surface area (Å²) in [7, 11) is 0. The van der Waals surface area contributed by atoms with Gasteiger partial charge in [-0.3, -0.25) is 14.9 Å². The van der Waals surface area contributed by atoms with Gasteiger partial charge in [-0.1, -0.05) is 18.2 Å². The molecule has 8 heteroatoms. The van der Waals surface area contributed by atoms with Crippen LogP contribution in [0.5, 0.6) is 5.75 Å². The Hall–Kier alpha value is -3.13. The number of carbonyl (C=O) groups is 1. The second-order valence-corrected chi connectivity index (χ2v) is 6.43. The summed E-state index contributed by atoms with van der Waals surface area (Å²) in [5.74, 6) is 0.390. The zero-order chi connectivity index (χ0) is 18.8. The lowest BCUT2D eigenvalue weighted by Crippen LogP contribution is -2.38. The number of nitrogens with zero attached hydrogens (tertiary/aromatic N) is 2. The molecule has 140 valence electrons. The highest BCUT2D eigenvalue weighted by molar-refractivity contribution is 6.00. The number of anilines is 1. The standard InChI is InChI=1S/C19H19N3O5/c23-19(20-16-12-27-18-4-2-1-3-14(16)18)15-11-13(22(24)25)5-6-17(15)21-7-9-26-10-8-21/h1-6,11,16H,7-10,12H2,(H,20,23). The highest BCUT2D eigenvalue weighted by Crippen LogP contribution is 2.33. The van der Waals surface area contributed by atoms with Crippen LogP contribution in [0.1, 0.15) is 22.0 Å². The summed E-state index contributed by atoms with van der Waals surface area (Å²) in [4.78, 5) is 25.7. The Morgan fingerprint density at radius 1 is 1.19 bits per heavy atom. The summed E-state index contributed by atoms with van der Waals surface area (Å²) in [6.07, 6.45) is 0. The number of fused-ring (bicyclic) bond motifs is 1. The summed E-state index contributed by atoms with van der Waals surface area (Å²) in [5.41, 5.74) is 1.76. The van der Waals surface area contributed by atoms with E-state index in [9.17, 15) is 14.9 Å². The number of amides is 1. The van der Waals surface area contributed by atoms with Gasteiger partial charge in [0.15, 0.2) is 0 Å². The number of nitro benzene ring substituents is 1. The molecule has 0 radical (unpaired) electrons. The molecular weight excluding hydrogens is 350 g/mol. The molecule has 0 saturated carbocycles. The highest BCUT2D eigenvalue weighted by atomic mass is 16.6. The number of rotatable bonds is 4. The van der Waals surface area contributed by atoms with Crippen LogP contribution in [0.25, 0.3) is 0 Å². The van der Waals surface area contributed by atoms with Gasteiger partial charge in [-0.2, -0.15) is 0 Å². The number of nitro groups is 1. The van der Waals surface area contributed by atoms with E-state index in [1.807, 2.05) is 29.2 Å². The van der Waals surface area contributed by atoms with Crippen molar-refractivity contribution >= 4 is 17.3 Å². The van der Waals surface area contributed by atoms with E-state index in [1.165, 1.54) is 12.1 Å². The van der Waals surface area contributed by atoms with Crippen molar-refractivity contribution in [1.29, 1.82) is 0 Å². The lowest BCUT2D eigenvalue weighted by atomic mass is 10.1. The van der Waals surface area contributed by atoms with Crippen molar-refractivity contribution in [3.63, 3.8) is 0 Å². The summed E-state index contributed by atoms with van der Waals surface area (Å²) >= 11 is 0. The zero-order valence-electron chi connectivity index (χ0n) is 14.6. The molecule has 1 N–H and O–H groups in total. The Morgan fingerprint density at radius 3 is 2.74 bits per heavy atom. The average molecular weight is 369 g/mol. The summed E-state index contributed by atoms with van der Waals surface area (Å²) in [6, 6.07) is 11.6. The van der Waals surface area contributed by atoms with Crippen molar-refractivity contribution < 1.29 is 19.2 Å². The topological polar surface area (TPSA) is 93.9 Å². The first-order valence-electron chi connectivity index (χ1n) is 8.77. The van der Waals surface area contributed by atoms with Crippen molar-refractivity contribution in [2.45, 2.75) is 6.04 Å². The van der Waals surface area contributed by atoms with Crippen molar-refractivity contribution in [2.24, 2.45) is 0 Å². The van der Waals surface area contributed by atoms with E-state index < -0.39 is 4.92 Å². The lowest BCUT2D eigenvalue weighted by molar-refractivity contribution is -0.384. The molecule has 2 aromatic carbocycles. The number of morpholine rings is 1. The molecule has 1 atom stereocenters. The van der Waals surface area contributed by atoms with E-state index in [-0.39, 0.29) is 23.2 Å². The molecule has 0 bridgehead atoms. The van der Waals surface area contributed by atoms with Crippen LogP contribution in [0, 0.1) is 10.1 Å². The van der Waals surface area contributed by atoms with Crippen molar-refractivity contribution in [3.8, 4) is 5.75 Å². The third-order valence-electron chi connectivity index (χ3n) is 4.79. The van der Waals surface area contributed by atoms with E-state index in [4.69, 9.17) is 9.47 Å². The minimum absolute atomic E-state index is 0.111. The van der Waals surface area contributed by atoms with Gasteiger partial charge in [-0.05, 0) is 12.1 Å². The smallest absolute Gasteiger partial charge is 0.270 e. The van der Waals surface area contributed by atoms with Gasteiger partial charge in [-0.15, -0.1) is 0 Å². The fourth-order valence-corrected chi connectivity index (χ4v) is 3.42. The number of hydrogen-bond donors (Lipinski definition) is 1. The Labute approximate surface area is 155 Å². The second-order valence-electron chi connectivity index (χ2n) is 6.43. The zero-order valence-corrected chi connectivity index (χ0v) is 14.6. The minimum Gasteiger partial charge on any atom is -0.491 e. The molecule has 1 amide bonds. The first kappa shape index (κ1) is 17.3. The Balaban J connectivity index is 1.63. The third-order valence-corrected chi connectivity index (χ3v) is 4.79. The van der Waals surface area contributed by atoms with Crippen molar-refractivity contribution in [1.82, 2.24) is 5.32 Å². The van der Waals surface area contributed by atoms with Gasteiger partial charge in [0.1, 0.15) is 12.4 Å². The van der Waals surface area contributed by atoms with Crippen LogP contribution in [0.15, 0.2) is 42.5 Å². The maximum absolute atomic E-state index is 13.0. The molecule has 2 aliphatic rings. The number of nitrogens with one attached hydrogen (secondary N) is 1. The predicted molar refractivity (Wildman–Crippen MR) is 98.3 cm³/mol. The maximum Gasteiger partial charge on any atom is 0.270 e. The van der Waals surface area contributed by atoms with E-state index in [2.05, 4.69) is 5.32 Å². The molecular formula is C19H19N3O5. The quantitative estimate of drug-likeness (QED) is 0.656. The monoisotopic (exact) mass is 369 g/mol. The largest absolute Gasteiger partial charge is 0.491 e. The maximum atomic E-state index is 13.0. The molecule has 1 saturated heterocycles. The van der Waals surface area contributed by atoms with Crippen LogP contribution >= 0.6 is 0 Å². The van der Waals surface area contributed by atoms with Crippen LogP contribution in [-0.4, -0.2) is 43.7 Å². The van der Waals surface area contributed by atoms with Crippen molar-refractivity contribution in [2.75, 3.05) is 37.8 Å². The molecule has 0 spiro atoms. The molecule has 27 heavy (non-hydrogen) atoms. The molecule has 2 heterocycles. The number of hydrogen-bond acceptors (Lipinski definition) is 6. The lowest BCUT2D eigenvalue weighted by Gasteiger charge is -2.30. The number of ether oxygens (including phenoxy) is 2. The number of benzene rings is 2. The molecule has 4 rings (SSSR count). The first-order chi connectivity index (χ1) is 13.1. The van der Waals surface area contributed by atoms with Crippen LogP contribution in [0.3, 0.4) is 0 Å². The van der Waals surface area contributed by atoms with Gasteiger partial charge in [-0.25, -0.2) is 0 Å². The van der Waals surface area contributed by atoms with E-state index >= 15 is 0 Å². The predicted octanol–water partition coefficient (Wildman–Crippen LogP) is 2.29. The normalized spacial score (nSPS) is 18.5. The van der Waals surface area contributed by atoms with Crippen LogP contribution in [0.4, 0.5) is 11.4 Å². The average Bonchev–Trinajstić information content (AvgIpc) is 3.11. The van der Waals surface area contributed by atoms with Gasteiger partial charge in [0.25, 0.3) is 11.6 Å². The van der Waals surface area contributed by atoms with Crippen LogP contribution < -0.4 is 15.0 Å². The van der Waals surface area contributed by atoms with E-state index in [0.29, 0.717) is 38.6 Å². The summed E-state index contributed by atoms with van der Waals surface area (Å²) in [5, 5.41) is 14.1. The highest BCUT2D eigenvalue weighted by Gasteiger charge is 2.28. The summed E-state index contributed by atoms with van der Waals surface area (Å²) in [6.45, 7) is 2.72. The van der Waals surface area contributed by atoms with Crippen molar-refractivity contribution in [3.05, 3.63) is 63.7 Å². The van der Waals surface area contributed by atoms with E-state index in [0.717, 1.165) is 11.3 Å². The Bertz CT molecular complexity index is 879. The minimum atomic E-state index is -0.492. The number of para-hydroxylation sites is 1. The molecule has 0 aliphatic carbocycles. The van der Waals surface area contributed by atoms with Gasteiger partial charge >= 0.3 is 0 Å². The third kappa shape index (κ3) is 3.43. The van der Waals surface area contributed by atoms with Gasteiger partial charge in [0.05, 0.1) is 35.4 Å². The SMILES string of the molecule is O=C(NC1COc2ccccc21)c1cc([N+](=O)[O-])ccc1N1CCOCC1. The molecule has 2 aromatic rings. The van der Waals surface area contributed by atoms with Crippen LogP contribution in [-0.2, 0) is 4.74 Å². The van der Waals surface area contributed by atoms with Gasteiger partial charge in [0.2, 0.25) is 0 Å². The molecule has 0 aromatic heterocycles. The molecule has 1 unspecified atom stereocenters. The van der Waals surface area contributed by atoms with Gasteiger partial charge < -0.3 is 19.7 Å². The first-order valence-corrected chi connectivity index (χ1v) is 8.77. The Morgan fingerprint density at radius 2 is 1.96 bits per heavy atom. The van der Waals surface area contributed by atoms with Gasteiger partial charge in [0, 0.05) is 30.8 Å². The molecule has 8 nitrogen and oxygen atoms in total. The fraction of sp³-hybridized carbons (Fsp3) is 0.316. The summed E-state index contributed by atoms with van der Waals surface area (Å²) < 4.78 is 11.0. The number of carbonyl (C=O) groups excluding carboxylic acids is 1. The van der Waals surface area contributed by atoms with Crippen LogP contribution in [0.2, 0.25) is 0 Å².